The highest BCUT2D eigenvalue weighted by atomic mass is 32.2. The second kappa shape index (κ2) is 5.92. The number of nitrogens with zero attached hydrogens (tertiary/aromatic N) is 1. The molecule has 1 saturated heterocycles. The van der Waals surface area contributed by atoms with E-state index in [2.05, 4.69) is 11.8 Å². The standard InChI is InChI=1S/C14H16FNO3S/c1-11-6-7-16(10-11)20(18,19)14-5-4-13(15)9-12(14)3-2-8-17/h4-5,9,11,17H,6-8,10H2,1H3. The second-order valence-electron chi connectivity index (χ2n) is 4.86. The Bertz CT molecular complexity index is 661. The van der Waals surface area contributed by atoms with E-state index in [1.165, 1.54) is 10.4 Å². The van der Waals surface area contributed by atoms with E-state index >= 15 is 0 Å². The average Bonchev–Trinajstić information content (AvgIpc) is 2.83. The van der Waals surface area contributed by atoms with Gasteiger partial charge in [-0.05, 0) is 30.5 Å². The van der Waals surface area contributed by atoms with Gasteiger partial charge >= 0.3 is 0 Å². The Balaban J connectivity index is 2.46. The monoisotopic (exact) mass is 297 g/mol. The SMILES string of the molecule is CC1CCN(S(=O)(=O)c2ccc(F)cc2C#CCO)C1. The molecule has 0 bridgehead atoms. The summed E-state index contributed by atoms with van der Waals surface area (Å²) in [6, 6.07) is 3.42. The molecule has 108 valence electrons. The van der Waals surface area contributed by atoms with Crippen LogP contribution in [0.3, 0.4) is 0 Å². The maximum Gasteiger partial charge on any atom is 0.244 e. The van der Waals surface area contributed by atoms with Gasteiger partial charge in [-0.3, -0.25) is 0 Å². The smallest absolute Gasteiger partial charge is 0.244 e. The van der Waals surface area contributed by atoms with Crippen LogP contribution in [-0.4, -0.2) is 37.5 Å². The van der Waals surface area contributed by atoms with Gasteiger partial charge in [0, 0.05) is 18.7 Å². The van der Waals surface area contributed by atoms with Crippen molar-refractivity contribution in [3.05, 3.63) is 29.6 Å². The predicted octanol–water partition coefficient (Wildman–Crippen LogP) is 1.20. The normalized spacial score (nSPS) is 19.6. The quantitative estimate of drug-likeness (QED) is 0.835. The summed E-state index contributed by atoms with van der Waals surface area (Å²) in [4.78, 5) is -0.00560. The first-order valence-electron chi connectivity index (χ1n) is 6.34. The summed E-state index contributed by atoms with van der Waals surface area (Å²) in [5, 5.41) is 8.71. The molecule has 1 N–H and O–H groups in total. The summed E-state index contributed by atoms with van der Waals surface area (Å²) < 4.78 is 39.8. The van der Waals surface area contributed by atoms with Gasteiger partial charge in [-0.15, -0.1) is 0 Å². The van der Waals surface area contributed by atoms with Gasteiger partial charge in [-0.1, -0.05) is 18.8 Å². The fraction of sp³-hybridized carbons (Fsp3) is 0.429. The Kier molecular flexibility index (Phi) is 4.43. The second-order valence-corrected chi connectivity index (χ2v) is 6.76. The number of benzene rings is 1. The zero-order valence-corrected chi connectivity index (χ0v) is 12.0. The molecule has 0 aromatic heterocycles. The fourth-order valence-corrected chi connectivity index (χ4v) is 3.91. The minimum Gasteiger partial charge on any atom is -0.384 e. The Morgan fingerprint density at radius 3 is 2.85 bits per heavy atom. The van der Waals surface area contributed by atoms with E-state index in [1.807, 2.05) is 6.92 Å². The molecule has 0 radical (unpaired) electrons. The minimum absolute atomic E-state index is 0.00560. The number of aliphatic hydroxyl groups excluding tert-OH is 1. The molecule has 20 heavy (non-hydrogen) atoms. The van der Waals surface area contributed by atoms with E-state index in [0.717, 1.165) is 18.6 Å². The summed E-state index contributed by atoms with van der Waals surface area (Å²) in [5.74, 6) is 4.62. The molecule has 1 fully saturated rings. The molecule has 0 amide bonds. The van der Waals surface area contributed by atoms with Gasteiger partial charge in [-0.25, -0.2) is 12.8 Å². The molecular formula is C14H16FNO3S. The highest BCUT2D eigenvalue weighted by Gasteiger charge is 2.32. The highest BCUT2D eigenvalue weighted by molar-refractivity contribution is 7.89. The molecule has 1 heterocycles. The molecule has 0 aliphatic carbocycles. The van der Waals surface area contributed by atoms with Crippen LogP contribution >= 0.6 is 0 Å². The lowest BCUT2D eigenvalue weighted by molar-refractivity contribution is 0.350. The number of halogens is 1. The van der Waals surface area contributed by atoms with Crippen molar-refractivity contribution in [2.45, 2.75) is 18.2 Å². The van der Waals surface area contributed by atoms with E-state index in [9.17, 15) is 12.8 Å². The lowest BCUT2D eigenvalue weighted by atomic mass is 10.2. The van der Waals surface area contributed by atoms with Crippen molar-refractivity contribution in [3.8, 4) is 11.8 Å². The Morgan fingerprint density at radius 2 is 2.25 bits per heavy atom. The maximum absolute atomic E-state index is 13.3. The molecular weight excluding hydrogens is 281 g/mol. The van der Waals surface area contributed by atoms with Crippen LogP contribution in [0.25, 0.3) is 0 Å². The van der Waals surface area contributed by atoms with Crippen LogP contribution in [-0.2, 0) is 10.0 Å². The number of sulfonamides is 1. The van der Waals surface area contributed by atoms with Crippen LogP contribution in [0.15, 0.2) is 23.1 Å². The van der Waals surface area contributed by atoms with Crippen molar-refractivity contribution in [3.63, 3.8) is 0 Å². The topological polar surface area (TPSA) is 57.6 Å². The average molecular weight is 297 g/mol. The van der Waals surface area contributed by atoms with Gasteiger partial charge in [0.05, 0.1) is 4.90 Å². The van der Waals surface area contributed by atoms with Crippen LogP contribution in [0.4, 0.5) is 4.39 Å². The van der Waals surface area contributed by atoms with Crippen molar-refractivity contribution >= 4 is 10.0 Å². The van der Waals surface area contributed by atoms with Crippen molar-refractivity contribution in [2.75, 3.05) is 19.7 Å². The molecule has 0 spiro atoms. The van der Waals surface area contributed by atoms with E-state index < -0.39 is 22.4 Å². The van der Waals surface area contributed by atoms with Gasteiger partial charge in [0.1, 0.15) is 12.4 Å². The van der Waals surface area contributed by atoms with Crippen molar-refractivity contribution in [1.82, 2.24) is 4.31 Å². The molecule has 6 heteroatoms. The minimum atomic E-state index is -3.67. The number of hydrogen-bond acceptors (Lipinski definition) is 3. The Labute approximate surface area is 118 Å². The van der Waals surface area contributed by atoms with E-state index in [4.69, 9.17) is 5.11 Å². The fourth-order valence-electron chi connectivity index (χ4n) is 2.21. The molecule has 1 aliphatic heterocycles. The summed E-state index contributed by atoms with van der Waals surface area (Å²) in [6.45, 7) is 2.52. The van der Waals surface area contributed by atoms with Gasteiger partial charge in [0.2, 0.25) is 10.0 Å². The Hall–Kier alpha value is -1.42. The van der Waals surface area contributed by atoms with Crippen molar-refractivity contribution < 1.29 is 17.9 Å². The molecule has 2 rings (SSSR count). The van der Waals surface area contributed by atoms with Crippen LogP contribution in [0.5, 0.6) is 0 Å². The van der Waals surface area contributed by atoms with E-state index in [-0.39, 0.29) is 10.5 Å². The molecule has 0 saturated carbocycles. The first-order chi connectivity index (χ1) is 9.45. The molecule has 1 aromatic carbocycles. The van der Waals surface area contributed by atoms with Crippen LogP contribution in [0.2, 0.25) is 0 Å². The van der Waals surface area contributed by atoms with E-state index in [1.54, 1.807) is 0 Å². The number of aliphatic hydroxyl groups is 1. The lowest BCUT2D eigenvalue weighted by Gasteiger charge is -2.17. The molecule has 1 aromatic rings. The first-order valence-corrected chi connectivity index (χ1v) is 7.78. The van der Waals surface area contributed by atoms with Crippen LogP contribution in [0, 0.1) is 23.6 Å². The van der Waals surface area contributed by atoms with Gasteiger partial charge < -0.3 is 5.11 Å². The highest BCUT2D eigenvalue weighted by Crippen LogP contribution is 2.26. The third-order valence-corrected chi connectivity index (χ3v) is 5.17. The lowest BCUT2D eigenvalue weighted by Crippen LogP contribution is -2.29. The maximum atomic E-state index is 13.3. The van der Waals surface area contributed by atoms with E-state index in [0.29, 0.717) is 19.0 Å². The summed E-state index contributed by atoms with van der Waals surface area (Å²) in [6.07, 6.45) is 0.818. The summed E-state index contributed by atoms with van der Waals surface area (Å²) >= 11 is 0. The first kappa shape index (κ1) is 15.0. The van der Waals surface area contributed by atoms with Gasteiger partial charge in [0.15, 0.2) is 0 Å². The molecule has 1 atom stereocenters. The van der Waals surface area contributed by atoms with Crippen molar-refractivity contribution in [2.24, 2.45) is 5.92 Å². The molecule has 1 aliphatic rings. The zero-order chi connectivity index (χ0) is 14.8. The third kappa shape index (κ3) is 3.01. The number of rotatable bonds is 2. The Morgan fingerprint density at radius 1 is 1.50 bits per heavy atom. The molecule has 1 unspecified atom stereocenters. The third-order valence-electron chi connectivity index (χ3n) is 3.25. The van der Waals surface area contributed by atoms with Gasteiger partial charge in [-0.2, -0.15) is 4.31 Å². The summed E-state index contributed by atoms with van der Waals surface area (Å²) in [5.41, 5.74) is 0.0820. The van der Waals surface area contributed by atoms with Crippen LogP contribution in [0.1, 0.15) is 18.9 Å². The largest absolute Gasteiger partial charge is 0.384 e. The van der Waals surface area contributed by atoms with Crippen LogP contribution < -0.4 is 0 Å². The van der Waals surface area contributed by atoms with Gasteiger partial charge in [0.25, 0.3) is 0 Å². The predicted molar refractivity (Wildman–Crippen MR) is 72.9 cm³/mol. The summed E-state index contributed by atoms with van der Waals surface area (Å²) in [7, 11) is -3.67. The zero-order valence-electron chi connectivity index (χ0n) is 11.1. The molecule has 4 nitrogen and oxygen atoms in total. The number of hydrogen-bond donors (Lipinski definition) is 1. The van der Waals surface area contributed by atoms with Crippen molar-refractivity contribution in [1.29, 1.82) is 0 Å².